The first-order chi connectivity index (χ1) is 13.5. The lowest BCUT2D eigenvalue weighted by Crippen LogP contribution is -2.15. The number of ether oxygens (including phenoxy) is 1. The minimum atomic E-state index is -0.420. The number of thioether (sulfide) groups is 1. The quantitative estimate of drug-likeness (QED) is 0.740. The molecule has 0 aromatic heterocycles. The summed E-state index contributed by atoms with van der Waals surface area (Å²) in [5.74, 6) is -1.01. The number of rotatable bonds is 5. The lowest BCUT2D eigenvalue weighted by atomic mass is 10.2. The molecule has 2 N–H and O–H groups in total. The van der Waals surface area contributed by atoms with Crippen LogP contribution in [0.4, 0.5) is 21.5 Å². The number of hydrogen-bond acceptors (Lipinski definition) is 6. The van der Waals surface area contributed by atoms with Crippen LogP contribution in [-0.2, 0) is 14.3 Å². The molecule has 0 radical (unpaired) electrons. The van der Waals surface area contributed by atoms with Gasteiger partial charge in [0.1, 0.15) is 5.82 Å². The summed E-state index contributed by atoms with van der Waals surface area (Å²) in [4.78, 5) is 28.4. The van der Waals surface area contributed by atoms with E-state index < -0.39 is 5.82 Å². The average Bonchev–Trinajstić information content (AvgIpc) is 2.84. The van der Waals surface area contributed by atoms with E-state index in [2.05, 4.69) is 15.6 Å². The van der Waals surface area contributed by atoms with Crippen molar-refractivity contribution in [3.8, 4) is 0 Å². The molecule has 0 atom stereocenters. The van der Waals surface area contributed by atoms with Gasteiger partial charge in [-0.15, -0.1) is 0 Å². The number of para-hydroxylation sites is 2. The molecule has 1 aliphatic rings. The van der Waals surface area contributed by atoms with Gasteiger partial charge < -0.3 is 15.4 Å². The Bertz CT molecular complexity index is 959. The predicted molar refractivity (Wildman–Crippen MR) is 109 cm³/mol. The summed E-state index contributed by atoms with van der Waals surface area (Å²) in [6, 6.07) is 13.1. The number of fused-ring (bicyclic) bond motifs is 1. The Morgan fingerprint density at radius 2 is 2.04 bits per heavy atom. The SMILES string of the molecule is COC(=O)CC1=CC(SCC(=O)Nc2cccc(F)c2)=Nc2ccccc2N1. The summed E-state index contributed by atoms with van der Waals surface area (Å²) in [7, 11) is 1.33. The van der Waals surface area contributed by atoms with Crippen LogP contribution in [0, 0.1) is 5.82 Å². The summed E-state index contributed by atoms with van der Waals surface area (Å²) in [5.41, 5.74) is 2.47. The van der Waals surface area contributed by atoms with E-state index in [9.17, 15) is 14.0 Å². The molecular formula is C20H18FN3O3S. The van der Waals surface area contributed by atoms with Gasteiger partial charge in [0.2, 0.25) is 5.91 Å². The van der Waals surface area contributed by atoms with Gasteiger partial charge >= 0.3 is 5.97 Å². The van der Waals surface area contributed by atoms with Gasteiger partial charge in [-0.1, -0.05) is 30.0 Å². The zero-order chi connectivity index (χ0) is 19.9. The van der Waals surface area contributed by atoms with Crippen molar-refractivity contribution in [2.75, 3.05) is 23.5 Å². The highest BCUT2D eigenvalue weighted by Gasteiger charge is 2.15. The van der Waals surface area contributed by atoms with E-state index in [1.54, 1.807) is 12.1 Å². The number of aliphatic imine (C=N–C) groups is 1. The molecular weight excluding hydrogens is 381 g/mol. The number of esters is 1. The van der Waals surface area contributed by atoms with Gasteiger partial charge in [-0.3, -0.25) is 9.59 Å². The number of nitrogens with zero attached hydrogens (tertiary/aromatic N) is 1. The van der Waals surface area contributed by atoms with Crippen molar-refractivity contribution in [3.05, 3.63) is 66.1 Å². The number of halogens is 1. The molecule has 0 spiro atoms. The monoisotopic (exact) mass is 399 g/mol. The van der Waals surface area contributed by atoms with Crippen molar-refractivity contribution in [2.45, 2.75) is 6.42 Å². The smallest absolute Gasteiger partial charge is 0.311 e. The Kier molecular flexibility index (Phi) is 6.44. The summed E-state index contributed by atoms with van der Waals surface area (Å²) >= 11 is 1.22. The third kappa shape index (κ3) is 5.43. The molecule has 0 bridgehead atoms. The number of nitrogens with one attached hydrogen (secondary N) is 2. The van der Waals surface area contributed by atoms with E-state index in [1.165, 1.54) is 37.1 Å². The molecule has 0 saturated carbocycles. The highest BCUT2D eigenvalue weighted by Crippen LogP contribution is 2.31. The number of amides is 1. The molecule has 0 aliphatic carbocycles. The fourth-order valence-electron chi connectivity index (χ4n) is 2.49. The number of benzene rings is 2. The van der Waals surface area contributed by atoms with Gasteiger partial charge in [0.25, 0.3) is 0 Å². The van der Waals surface area contributed by atoms with Crippen LogP contribution < -0.4 is 10.6 Å². The number of carbonyl (C=O) groups is 2. The Morgan fingerprint density at radius 1 is 1.21 bits per heavy atom. The van der Waals surface area contributed by atoms with Gasteiger partial charge in [0.15, 0.2) is 0 Å². The molecule has 1 heterocycles. The molecule has 1 amide bonds. The molecule has 1 aliphatic heterocycles. The topological polar surface area (TPSA) is 79.8 Å². The Hall–Kier alpha value is -3.13. The van der Waals surface area contributed by atoms with E-state index in [-0.39, 0.29) is 24.1 Å². The lowest BCUT2D eigenvalue weighted by molar-refractivity contribution is -0.139. The molecule has 3 rings (SSSR count). The Labute approximate surface area is 165 Å². The third-order valence-corrected chi connectivity index (χ3v) is 4.66. The molecule has 8 heteroatoms. The number of hydrogen-bond donors (Lipinski definition) is 2. The van der Waals surface area contributed by atoms with Gasteiger partial charge in [-0.2, -0.15) is 0 Å². The summed E-state index contributed by atoms with van der Waals surface area (Å²) in [6.07, 6.45) is 1.77. The van der Waals surface area contributed by atoms with Crippen molar-refractivity contribution < 1.29 is 18.7 Å². The zero-order valence-electron chi connectivity index (χ0n) is 15.1. The largest absolute Gasteiger partial charge is 0.469 e. The second-order valence-electron chi connectivity index (χ2n) is 5.86. The third-order valence-electron chi connectivity index (χ3n) is 3.75. The highest BCUT2D eigenvalue weighted by molar-refractivity contribution is 8.14. The maximum atomic E-state index is 13.2. The van der Waals surface area contributed by atoms with Gasteiger partial charge in [-0.25, -0.2) is 9.38 Å². The average molecular weight is 399 g/mol. The summed E-state index contributed by atoms with van der Waals surface area (Å²) < 4.78 is 18.0. The molecule has 2 aromatic rings. The second-order valence-corrected chi connectivity index (χ2v) is 6.86. The van der Waals surface area contributed by atoms with Crippen LogP contribution in [0.5, 0.6) is 0 Å². The molecule has 0 fully saturated rings. The molecule has 0 saturated heterocycles. The van der Waals surface area contributed by atoms with E-state index in [0.717, 1.165) is 5.69 Å². The number of carbonyl (C=O) groups excluding carboxylic acids is 2. The van der Waals surface area contributed by atoms with E-state index in [4.69, 9.17) is 4.74 Å². The molecule has 144 valence electrons. The summed E-state index contributed by atoms with van der Waals surface area (Å²) in [5, 5.41) is 6.40. The fourth-order valence-corrected chi connectivity index (χ4v) is 3.23. The fraction of sp³-hybridized carbons (Fsp3) is 0.150. The Morgan fingerprint density at radius 3 is 2.82 bits per heavy atom. The number of methoxy groups -OCH3 is 1. The molecule has 2 aromatic carbocycles. The zero-order valence-corrected chi connectivity index (χ0v) is 15.9. The first kappa shape index (κ1) is 19.6. The van der Waals surface area contributed by atoms with Crippen molar-refractivity contribution in [1.29, 1.82) is 0 Å². The van der Waals surface area contributed by atoms with Crippen LogP contribution in [0.1, 0.15) is 6.42 Å². The lowest BCUT2D eigenvalue weighted by Gasteiger charge is -2.09. The molecule has 6 nitrogen and oxygen atoms in total. The van der Waals surface area contributed by atoms with Crippen LogP contribution in [0.25, 0.3) is 0 Å². The minimum Gasteiger partial charge on any atom is -0.469 e. The van der Waals surface area contributed by atoms with E-state index in [0.29, 0.717) is 22.1 Å². The van der Waals surface area contributed by atoms with Gasteiger partial charge in [0.05, 0.1) is 35.7 Å². The first-order valence-corrected chi connectivity index (χ1v) is 9.42. The van der Waals surface area contributed by atoms with Crippen molar-refractivity contribution in [2.24, 2.45) is 4.99 Å². The second kappa shape index (κ2) is 9.18. The van der Waals surface area contributed by atoms with Crippen molar-refractivity contribution in [1.82, 2.24) is 0 Å². The summed E-state index contributed by atoms with van der Waals surface area (Å²) in [6.45, 7) is 0. The first-order valence-electron chi connectivity index (χ1n) is 8.44. The standard InChI is InChI=1S/C20H18FN3O3S/c1-27-20(26)11-15-10-19(24-17-8-3-2-7-16(17)22-15)28-12-18(25)23-14-6-4-5-13(21)9-14/h2-10,22H,11-12H2,1H3,(H,23,25). The predicted octanol–water partition coefficient (Wildman–Crippen LogP) is 4.10. The highest BCUT2D eigenvalue weighted by atomic mass is 32.2. The van der Waals surface area contributed by atoms with Crippen LogP contribution in [0.2, 0.25) is 0 Å². The van der Waals surface area contributed by atoms with E-state index in [1.807, 2.05) is 24.3 Å². The van der Waals surface area contributed by atoms with Crippen LogP contribution in [-0.4, -0.2) is 29.8 Å². The van der Waals surface area contributed by atoms with Crippen LogP contribution in [0.15, 0.2) is 65.3 Å². The van der Waals surface area contributed by atoms with Gasteiger partial charge in [-0.05, 0) is 36.4 Å². The van der Waals surface area contributed by atoms with E-state index >= 15 is 0 Å². The van der Waals surface area contributed by atoms with Gasteiger partial charge in [0, 0.05) is 11.4 Å². The van der Waals surface area contributed by atoms with Crippen molar-refractivity contribution >= 4 is 45.7 Å². The van der Waals surface area contributed by atoms with Crippen LogP contribution in [0.3, 0.4) is 0 Å². The number of anilines is 2. The van der Waals surface area contributed by atoms with Crippen LogP contribution >= 0.6 is 11.8 Å². The molecule has 28 heavy (non-hydrogen) atoms. The maximum absolute atomic E-state index is 13.2. The minimum absolute atomic E-state index is 0.0555. The van der Waals surface area contributed by atoms with Crippen molar-refractivity contribution in [3.63, 3.8) is 0 Å². The maximum Gasteiger partial charge on any atom is 0.311 e. The Balaban J connectivity index is 1.72. The molecule has 0 unspecified atom stereocenters. The normalized spacial score (nSPS) is 12.6.